The van der Waals surface area contributed by atoms with E-state index in [1.165, 1.54) is 12.1 Å². The zero-order valence-corrected chi connectivity index (χ0v) is 13.4. The minimum Gasteiger partial charge on any atom is -0.349 e. The molecule has 1 amide bonds. The van der Waals surface area contributed by atoms with E-state index in [1.54, 1.807) is 0 Å². The number of carbonyl (C=O) groups is 1. The van der Waals surface area contributed by atoms with E-state index in [0.29, 0.717) is 24.9 Å². The molecule has 120 valence electrons. The van der Waals surface area contributed by atoms with Crippen molar-refractivity contribution < 1.29 is 13.6 Å². The first-order valence-corrected chi connectivity index (χ1v) is 6.70. The predicted octanol–water partition coefficient (Wildman–Crippen LogP) is 3.33. The lowest BCUT2D eigenvalue weighted by molar-refractivity contribution is -0.122. The molecule has 0 aliphatic rings. The number of halogens is 3. The quantitative estimate of drug-likeness (QED) is 0.874. The standard InChI is InChI=1S/C15H22F2N2O.ClH/c1-15(2,3)14(19-13(20)5-4-8-18)11-7-6-10(16)9-12(11)17;/h6-7,9,14H,4-5,8,18H2,1-3H3,(H,19,20);1H. The Balaban J connectivity index is 0.00000400. The van der Waals surface area contributed by atoms with Gasteiger partial charge in [0.2, 0.25) is 5.91 Å². The number of benzene rings is 1. The maximum atomic E-state index is 13.9. The van der Waals surface area contributed by atoms with Crippen LogP contribution in [0.15, 0.2) is 18.2 Å². The van der Waals surface area contributed by atoms with E-state index in [0.717, 1.165) is 6.07 Å². The summed E-state index contributed by atoms with van der Waals surface area (Å²) in [6, 6.07) is 2.89. The third kappa shape index (κ3) is 5.98. The molecule has 0 bridgehead atoms. The van der Waals surface area contributed by atoms with Crippen molar-refractivity contribution in [2.45, 2.75) is 39.7 Å². The Hall–Kier alpha value is -1.20. The molecule has 0 saturated carbocycles. The Morgan fingerprint density at radius 2 is 1.95 bits per heavy atom. The van der Waals surface area contributed by atoms with Crippen LogP contribution >= 0.6 is 12.4 Å². The van der Waals surface area contributed by atoms with E-state index < -0.39 is 23.1 Å². The van der Waals surface area contributed by atoms with Crippen LogP contribution in [-0.4, -0.2) is 12.5 Å². The van der Waals surface area contributed by atoms with E-state index in [2.05, 4.69) is 5.32 Å². The lowest BCUT2D eigenvalue weighted by Gasteiger charge is -2.32. The molecular weight excluding hydrogens is 298 g/mol. The molecule has 0 aliphatic heterocycles. The highest BCUT2D eigenvalue weighted by atomic mass is 35.5. The van der Waals surface area contributed by atoms with Crippen molar-refractivity contribution in [2.75, 3.05) is 6.54 Å². The number of hydrogen-bond donors (Lipinski definition) is 2. The van der Waals surface area contributed by atoms with Crippen LogP contribution in [-0.2, 0) is 4.79 Å². The van der Waals surface area contributed by atoms with E-state index >= 15 is 0 Å². The molecule has 1 unspecified atom stereocenters. The maximum absolute atomic E-state index is 13.9. The fraction of sp³-hybridized carbons (Fsp3) is 0.533. The number of hydrogen-bond acceptors (Lipinski definition) is 2. The average molecular weight is 321 g/mol. The van der Waals surface area contributed by atoms with Crippen molar-refractivity contribution in [1.29, 1.82) is 0 Å². The summed E-state index contributed by atoms with van der Waals surface area (Å²) in [7, 11) is 0. The van der Waals surface area contributed by atoms with E-state index in [9.17, 15) is 13.6 Å². The highest BCUT2D eigenvalue weighted by Gasteiger charge is 2.30. The number of rotatable bonds is 5. The normalized spacial score (nSPS) is 12.5. The van der Waals surface area contributed by atoms with Gasteiger partial charge in [-0.25, -0.2) is 8.78 Å². The summed E-state index contributed by atoms with van der Waals surface area (Å²) >= 11 is 0. The van der Waals surface area contributed by atoms with Crippen LogP contribution in [0.2, 0.25) is 0 Å². The molecule has 3 N–H and O–H groups in total. The summed E-state index contributed by atoms with van der Waals surface area (Å²) in [4.78, 5) is 11.8. The summed E-state index contributed by atoms with van der Waals surface area (Å²) in [5.74, 6) is -1.46. The third-order valence-electron chi connectivity index (χ3n) is 3.05. The summed E-state index contributed by atoms with van der Waals surface area (Å²) in [5.41, 5.74) is 5.26. The summed E-state index contributed by atoms with van der Waals surface area (Å²) in [6.07, 6.45) is 0.875. The molecule has 21 heavy (non-hydrogen) atoms. The minimum absolute atomic E-state index is 0. The van der Waals surface area contributed by atoms with Gasteiger partial charge in [-0.15, -0.1) is 12.4 Å². The summed E-state index contributed by atoms with van der Waals surface area (Å²) in [5, 5.41) is 2.81. The first kappa shape index (κ1) is 19.8. The van der Waals surface area contributed by atoms with Gasteiger partial charge in [0, 0.05) is 18.1 Å². The van der Waals surface area contributed by atoms with Crippen molar-refractivity contribution in [3.63, 3.8) is 0 Å². The molecule has 0 fully saturated rings. The Morgan fingerprint density at radius 3 is 2.43 bits per heavy atom. The fourth-order valence-corrected chi connectivity index (χ4v) is 1.99. The van der Waals surface area contributed by atoms with Gasteiger partial charge in [-0.2, -0.15) is 0 Å². The van der Waals surface area contributed by atoms with E-state index in [-0.39, 0.29) is 18.3 Å². The van der Waals surface area contributed by atoms with Gasteiger partial charge in [-0.05, 0) is 24.4 Å². The minimum atomic E-state index is -0.649. The second kappa shape index (κ2) is 8.29. The third-order valence-corrected chi connectivity index (χ3v) is 3.05. The second-order valence-corrected chi connectivity index (χ2v) is 5.92. The molecule has 3 nitrogen and oxygen atoms in total. The molecule has 0 saturated heterocycles. The van der Waals surface area contributed by atoms with Crippen LogP contribution in [0, 0.1) is 17.0 Å². The highest BCUT2D eigenvalue weighted by Crippen LogP contribution is 2.34. The number of nitrogens with two attached hydrogens (primary N) is 1. The molecule has 1 aromatic rings. The Kier molecular flexibility index (Phi) is 7.82. The van der Waals surface area contributed by atoms with Gasteiger partial charge >= 0.3 is 0 Å². The lowest BCUT2D eigenvalue weighted by Crippen LogP contribution is -2.37. The van der Waals surface area contributed by atoms with Crippen molar-refractivity contribution in [2.24, 2.45) is 11.1 Å². The molecule has 1 atom stereocenters. The molecule has 0 aromatic heterocycles. The first-order chi connectivity index (χ1) is 9.25. The Morgan fingerprint density at radius 1 is 1.33 bits per heavy atom. The molecule has 0 radical (unpaired) electrons. The molecule has 1 rings (SSSR count). The van der Waals surface area contributed by atoms with Crippen molar-refractivity contribution in [1.82, 2.24) is 5.32 Å². The lowest BCUT2D eigenvalue weighted by atomic mass is 9.82. The molecular formula is C15H23ClF2N2O. The molecule has 0 heterocycles. The maximum Gasteiger partial charge on any atom is 0.220 e. The van der Waals surface area contributed by atoms with Crippen LogP contribution in [0.1, 0.15) is 45.2 Å². The molecule has 1 aromatic carbocycles. The SMILES string of the molecule is CC(C)(C)C(NC(=O)CCCN)c1ccc(F)cc1F.Cl. The first-order valence-electron chi connectivity index (χ1n) is 6.70. The zero-order chi connectivity index (χ0) is 15.3. The highest BCUT2D eigenvalue weighted by molar-refractivity contribution is 5.85. The smallest absolute Gasteiger partial charge is 0.220 e. The topological polar surface area (TPSA) is 55.1 Å². The van der Waals surface area contributed by atoms with Crippen molar-refractivity contribution in [3.8, 4) is 0 Å². The van der Waals surface area contributed by atoms with Gasteiger partial charge in [0.15, 0.2) is 0 Å². The Bertz CT molecular complexity index is 475. The van der Waals surface area contributed by atoms with Crippen molar-refractivity contribution >= 4 is 18.3 Å². The largest absolute Gasteiger partial charge is 0.349 e. The van der Waals surface area contributed by atoms with Gasteiger partial charge < -0.3 is 11.1 Å². The zero-order valence-electron chi connectivity index (χ0n) is 12.6. The van der Waals surface area contributed by atoms with Gasteiger partial charge in [-0.3, -0.25) is 4.79 Å². The van der Waals surface area contributed by atoms with Crippen LogP contribution in [0.5, 0.6) is 0 Å². The van der Waals surface area contributed by atoms with Crippen LogP contribution in [0.3, 0.4) is 0 Å². The summed E-state index contributed by atoms with van der Waals surface area (Å²) < 4.78 is 26.9. The van der Waals surface area contributed by atoms with Crippen LogP contribution in [0.25, 0.3) is 0 Å². The van der Waals surface area contributed by atoms with Crippen molar-refractivity contribution in [3.05, 3.63) is 35.4 Å². The van der Waals surface area contributed by atoms with Crippen LogP contribution in [0.4, 0.5) is 8.78 Å². The molecule has 0 spiro atoms. The second-order valence-electron chi connectivity index (χ2n) is 5.92. The van der Waals surface area contributed by atoms with Gasteiger partial charge in [0.1, 0.15) is 11.6 Å². The number of carbonyl (C=O) groups excluding carboxylic acids is 1. The van der Waals surface area contributed by atoms with E-state index in [1.807, 2.05) is 20.8 Å². The fourth-order valence-electron chi connectivity index (χ4n) is 1.99. The van der Waals surface area contributed by atoms with Gasteiger partial charge in [0.25, 0.3) is 0 Å². The number of amides is 1. The van der Waals surface area contributed by atoms with Gasteiger partial charge in [-0.1, -0.05) is 26.8 Å². The average Bonchev–Trinajstić information content (AvgIpc) is 2.33. The number of nitrogens with one attached hydrogen (secondary N) is 1. The molecule has 6 heteroatoms. The van der Waals surface area contributed by atoms with Crippen LogP contribution < -0.4 is 11.1 Å². The Labute approximate surface area is 130 Å². The summed E-state index contributed by atoms with van der Waals surface area (Å²) in [6.45, 7) is 6.11. The van der Waals surface area contributed by atoms with E-state index in [4.69, 9.17) is 5.73 Å². The van der Waals surface area contributed by atoms with Gasteiger partial charge in [0.05, 0.1) is 6.04 Å². The monoisotopic (exact) mass is 320 g/mol. The molecule has 0 aliphatic carbocycles. The predicted molar refractivity (Wildman–Crippen MR) is 82.2 cm³/mol.